The van der Waals surface area contributed by atoms with E-state index in [1.165, 1.54) is 11.8 Å². The Hall–Kier alpha value is -4.44. The average Bonchev–Trinajstić information content (AvgIpc) is 3.54. The number of para-hydroxylation sites is 1. The molecule has 2 atom stereocenters. The van der Waals surface area contributed by atoms with Crippen molar-refractivity contribution in [2.45, 2.75) is 31.1 Å². The lowest BCUT2D eigenvalue weighted by molar-refractivity contribution is -0.121. The summed E-state index contributed by atoms with van der Waals surface area (Å²) < 4.78 is 4.97. The van der Waals surface area contributed by atoms with Gasteiger partial charge in [-0.1, -0.05) is 60.3 Å². The number of amidine groups is 1. The van der Waals surface area contributed by atoms with Gasteiger partial charge in [0, 0.05) is 24.1 Å². The zero-order valence-corrected chi connectivity index (χ0v) is 21.9. The van der Waals surface area contributed by atoms with Crippen LogP contribution in [0.15, 0.2) is 89.0 Å². The third kappa shape index (κ3) is 5.85. The fourth-order valence-corrected chi connectivity index (χ4v) is 5.45. The van der Waals surface area contributed by atoms with Crippen LogP contribution in [0.3, 0.4) is 0 Å². The topological polar surface area (TPSA) is 121 Å². The first kappa shape index (κ1) is 26.2. The molecular formula is C29H26N4O5S. The zero-order valence-electron chi connectivity index (χ0n) is 21.1. The molecule has 0 radical (unpaired) electrons. The minimum Gasteiger partial charge on any atom is -0.508 e. The third-order valence-electron chi connectivity index (χ3n) is 6.29. The molecule has 2 unspecified atom stereocenters. The minimum atomic E-state index is -0.709. The first-order valence-corrected chi connectivity index (χ1v) is 13.4. The summed E-state index contributed by atoms with van der Waals surface area (Å²) in [5.41, 5.74) is 3.32. The molecule has 0 bridgehead atoms. The number of aliphatic imine (C=N–C) groups is 1. The van der Waals surface area contributed by atoms with Gasteiger partial charge >= 0.3 is 5.97 Å². The van der Waals surface area contributed by atoms with E-state index in [9.17, 15) is 19.5 Å². The van der Waals surface area contributed by atoms with Crippen LogP contribution in [0.4, 0.5) is 5.69 Å². The molecule has 0 saturated heterocycles. The van der Waals surface area contributed by atoms with Gasteiger partial charge in [-0.15, -0.1) is 0 Å². The van der Waals surface area contributed by atoms with Crippen molar-refractivity contribution in [1.82, 2.24) is 5.01 Å². The number of amides is 2. The van der Waals surface area contributed by atoms with Gasteiger partial charge < -0.3 is 15.2 Å². The lowest BCUT2D eigenvalue weighted by Gasteiger charge is -2.23. The van der Waals surface area contributed by atoms with Crippen LogP contribution in [0.5, 0.6) is 5.75 Å². The highest BCUT2D eigenvalue weighted by atomic mass is 32.2. The first-order valence-electron chi connectivity index (χ1n) is 12.5. The number of rotatable bonds is 7. The second-order valence-electron chi connectivity index (χ2n) is 8.93. The second kappa shape index (κ2) is 11.5. The Bertz CT molecular complexity index is 1460. The number of hydrogen-bond donors (Lipinski definition) is 2. The van der Waals surface area contributed by atoms with E-state index < -0.39 is 17.1 Å². The van der Waals surface area contributed by atoms with Crippen molar-refractivity contribution in [2.24, 2.45) is 10.1 Å². The van der Waals surface area contributed by atoms with Gasteiger partial charge in [0.2, 0.25) is 5.91 Å². The highest BCUT2D eigenvalue weighted by Crippen LogP contribution is 2.41. The molecule has 198 valence electrons. The molecule has 0 aliphatic carbocycles. The summed E-state index contributed by atoms with van der Waals surface area (Å²) in [6.45, 7) is 2.01. The molecule has 2 aliphatic rings. The van der Waals surface area contributed by atoms with Crippen LogP contribution in [0.2, 0.25) is 0 Å². The molecule has 3 aromatic rings. The van der Waals surface area contributed by atoms with E-state index in [4.69, 9.17) is 9.84 Å². The Morgan fingerprint density at radius 2 is 1.77 bits per heavy atom. The van der Waals surface area contributed by atoms with Crippen molar-refractivity contribution in [3.05, 3.63) is 95.6 Å². The number of carbonyl (C=O) groups excluding carboxylic acids is 3. The number of phenolic OH excluding ortho intramolecular Hbond substituents is 1. The van der Waals surface area contributed by atoms with Crippen LogP contribution in [0.1, 0.15) is 47.3 Å². The van der Waals surface area contributed by atoms with Crippen molar-refractivity contribution >= 4 is 46.1 Å². The van der Waals surface area contributed by atoms with E-state index in [0.29, 0.717) is 28.4 Å². The first-order chi connectivity index (χ1) is 18.9. The SMILES string of the molecule is CCOC(=O)c1ccc(NC(=O)CC2SC(N3N=C(c4ccccc4)CC3c3ccccc3O)=NC2=O)cc1. The fraction of sp³-hybridized carbons (Fsp3) is 0.207. The van der Waals surface area contributed by atoms with Crippen molar-refractivity contribution in [2.75, 3.05) is 11.9 Å². The Morgan fingerprint density at radius 1 is 1.05 bits per heavy atom. The highest BCUT2D eigenvalue weighted by Gasteiger charge is 2.39. The average molecular weight is 543 g/mol. The molecule has 9 nitrogen and oxygen atoms in total. The molecule has 39 heavy (non-hydrogen) atoms. The predicted octanol–water partition coefficient (Wildman–Crippen LogP) is 4.75. The number of carbonyl (C=O) groups is 3. The van der Waals surface area contributed by atoms with Gasteiger partial charge in [-0.25, -0.2) is 9.80 Å². The van der Waals surface area contributed by atoms with Crippen molar-refractivity contribution in [3.63, 3.8) is 0 Å². The Kier molecular flexibility index (Phi) is 7.74. The van der Waals surface area contributed by atoms with Crippen molar-refractivity contribution < 1.29 is 24.2 Å². The van der Waals surface area contributed by atoms with E-state index in [1.807, 2.05) is 42.5 Å². The molecule has 0 aromatic heterocycles. The molecule has 2 N–H and O–H groups in total. The summed E-state index contributed by atoms with van der Waals surface area (Å²) in [6, 6.07) is 22.8. The number of hydrazone groups is 1. The van der Waals surface area contributed by atoms with Gasteiger partial charge in [-0.05, 0) is 42.8 Å². The summed E-state index contributed by atoms with van der Waals surface area (Å²) in [7, 11) is 0. The molecule has 10 heteroatoms. The number of hydrogen-bond acceptors (Lipinski definition) is 8. The van der Waals surface area contributed by atoms with E-state index >= 15 is 0 Å². The summed E-state index contributed by atoms with van der Waals surface area (Å²) in [5.74, 6) is -1.07. The van der Waals surface area contributed by atoms with E-state index in [1.54, 1.807) is 48.3 Å². The second-order valence-corrected chi connectivity index (χ2v) is 10.1. The van der Waals surface area contributed by atoms with Crippen LogP contribution in [0, 0.1) is 0 Å². The maximum atomic E-state index is 12.8. The Balaban J connectivity index is 1.29. The lowest BCUT2D eigenvalue weighted by Crippen LogP contribution is -2.25. The Labute approximate surface area is 229 Å². The van der Waals surface area contributed by atoms with Gasteiger partial charge in [0.15, 0.2) is 5.17 Å². The number of nitrogens with one attached hydrogen (secondary N) is 1. The van der Waals surface area contributed by atoms with Crippen molar-refractivity contribution in [1.29, 1.82) is 0 Å². The number of thioether (sulfide) groups is 1. The van der Waals surface area contributed by atoms with E-state index in [2.05, 4.69) is 10.3 Å². The number of nitrogens with zero attached hydrogens (tertiary/aromatic N) is 3. The fourth-order valence-electron chi connectivity index (χ4n) is 4.39. The van der Waals surface area contributed by atoms with Crippen LogP contribution in [0.25, 0.3) is 0 Å². The normalized spacial score (nSPS) is 18.5. The van der Waals surface area contributed by atoms with Gasteiger partial charge in [-0.2, -0.15) is 10.1 Å². The maximum Gasteiger partial charge on any atom is 0.338 e. The molecule has 0 saturated carbocycles. The smallest absolute Gasteiger partial charge is 0.338 e. The number of ether oxygens (including phenoxy) is 1. The van der Waals surface area contributed by atoms with Gasteiger partial charge in [-0.3, -0.25) is 9.59 Å². The summed E-state index contributed by atoms with van der Waals surface area (Å²) in [5, 5.41) is 19.5. The van der Waals surface area contributed by atoms with Crippen LogP contribution >= 0.6 is 11.8 Å². The molecule has 0 spiro atoms. The van der Waals surface area contributed by atoms with Gasteiger partial charge in [0.25, 0.3) is 5.91 Å². The number of anilines is 1. The monoisotopic (exact) mass is 542 g/mol. The lowest BCUT2D eigenvalue weighted by atomic mass is 9.98. The predicted molar refractivity (Wildman–Crippen MR) is 150 cm³/mol. The minimum absolute atomic E-state index is 0.0829. The molecule has 2 heterocycles. The van der Waals surface area contributed by atoms with Crippen LogP contribution in [-0.4, -0.2) is 50.6 Å². The molecule has 0 fully saturated rings. The highest BCUT2D eigenvalue weighted by molar-refractivity contribution is 8.15. The van der Waals surface area contributed by atoms with Crippen LogP contribution in [-0.2, 0) is 14.3 Å². The molecule has 5 rings (SSSR count). The zero-order chi connectivity index (χ0) is 27.4. The number of benzene rings is 3. The van der Waals surface area contributed by atoms with E-state index in [-0.39, 0.29) is 30.7 Å². The largest absolute Gasteiger partial charge is 0.508 e. The third-order valence-corrected chi connectivity index (χ3v) is 7.43. The Morgan fingerprint density at radius 3 is 2.49 bits per heavy atom. The summed E-state index contributed by atoms with van der Waals surface area (Å²) in [6.07, 6.45) is 0.433. The number of phenols is 1. The van der Waals surface area contributed by atoms with Gasteiger partial charge in [0.05, 0.1) is 23.9 Å². The van der Waals surface area contributed by atoms with Crippen LogP contribution < -0.4 is 5.32 Å². The standard InChI is InChI=1S/C29H26N4O5S/c1-2-38-28(37)19-12-14-20(15-13-19)30-26(35)17-25-27(36)31-29(39-25)33-23(21-10-6-7-11-24(21)34)16-22(32-33)18-8-4-3-5-9-18/h3-15,23,25,34H,2,16-17H2,1H3,(H,30,35). The van der Waals surface area contributed by atoms with Gasteiger partial charge in [0.1, 0.15) is 11.0 Å². The van der Waals surface area contributed by atoms with E-state index in [0.717, 1.165) is 11.3 Å². The number of aromatic hydroxyl groups is 1. The number of esters is 1. The molecule has 2 aliphatic heterocycles. The maximum absolute atomic E-state index is 12.8. The van der Waals surface area contributed by atoms with Crippen molar-refractivity contribution in [3.8, 4) is 5.75 Å². The molecular weight excluding hydrogens is 516 g/mol. The molecule has 2 amide bonds. The summed E-state index contributed by atoms with van der Waals surface area (Å²) >= 11 is 1.18. The quantitative estimate of drug-likeness (QED) is 0.414. The summed E-state index contributed by atoms with van der Waals surface area (Å²) in [4.78, 5) is 41.6. The molecule has 3 aromatic carbocycles.